The smallest absolute Gasteiger partial charge is 0.220 e. The van der Waals surface area contributed by atoms with Crippen LogP contribution in [0, 0.1) is 5.82 Å². The molecule has 1 fully saturated rings. The molecular weight excluding hydrogens is 303 g/mol. The molecular formula is C20H25FN2O. The highest BCUT2D eigenvalue weighted by molar-refractivity contribution is 5.73. The third kappa shape index (κ3) is 4.05. The summed E-state index contributed by atoms with van der Waals surface area (Å²) in [4.78, 5) is 14.2. The van der Waals surface area contributed by atoms with Crippen molar-refractivity contribution in [2.24, 2.45) is 0 Å². The van der Waals surface area contributed by atoms with E-state index in [0.717, 1.165) is 24.1 Å². The van der Waals surface area contributed by atoms with E-state index in [1.165, 1.54) is 31.4 Å². The van der Waals surface area contributed by atoms with Gasteiger partial charge in [0.15, 0.2) is 0 Å². The van der Waals surface area contributed by atoms with Crippen molar-refractivity contribution in [1.82, 2.24) is 9.47 Å². The van der Waals surface area contributed by atoms with Gasteiger partial charge in [0.05, 0.1) is 6.54 Å². The Morgan fingerprint density at radius 1 is 1.17 bits per heavy atom. The zero-order chi connectivity index (χ0) is 16.9. The molecule has 1 amide bonds. The highest BCUT2D eigenvalue weighted by Gasteiger charge is 2.24. The lowest BCUT2D eigenvalue weighted by molar-refractivity contribution is -0.132. The minimum absolute atomic E-state index is 0.149. The summed E-state index contributed by atoms with van der Waals surface area (Å²) in [5, 5.41) is 0. The Hall–Kier alpha value is -2.10. The molecule has 1 heterocycles. The molecule has 1 aromatic heterocycles. The zero-order valence-electron chi connectivity index (χ0n) is 14.2. The van der Waals surface area contributed by atoms with Crippen molar-refractivity contribution in [1.29, 1.82) is 0 Å². The highest BCUT2D eigenvalue weighted by atomic mass is 19.1. The lowest BCUT2D eigenvalue weighted by atomic mass is 9.94. The number of hydrogen-bond acceptors (Lipinski definition) is 1. The van der Waals surface area contributed by atoms with Gasteiger partial charge in [0, 0.05) is 31.4 Å². The molecule has 1 aliphatic carbocycles. The number of carbonyl (C=O) groups is 1. The molecule has 2 aromatic rings. The fourth-order valence-corrected chi connectivity index (χ4v) is 3.60. The van der Waals surface area contributed by atoms with Gasteiger partial charge in [0.1, 0.15) is 5.82 Å². The van der Waals surface area contributed by atoms with Crippen molar-refractivity contribution in [3.05, 3.63) is 59.7 Å². The van der Waals surface area contributed by atoms with Gasteiger partial charge in [0.25, 0.3) is 0 Å². The fourth-order valence-electron chi connectivity index (χ4n) is 3.60. The number of hydrogen-bond donors (Lipinski definition) is 0. The first-order valence-corrected chi connectivity index (χ1v) is 8.79. The third-order valence-corrected chi connectivity index (χ3v) is 4.94. The van der Waals surface area contributed by atoms with Gasteiger partial charge in [-0.15, -0.1) is 0 Å². The van der Waals surface area contributed by atoms with E-state index in [-0.39, 0.29) is 11.7 Å². The summed E-state index contributed by atoms with van der Waals surface area (Å²) >= 11 is 0. The largest absolute Gasteiger partial charge is 0.345 e. The van der Waals surface area contributed by atoms with Gasteiger partial charge in [-0.05, 0) is 42.7 Å². The Bertz CT molecular complexity index is 671. The Labute approximate surface area is 143 Å². The predicted octanol–water partition coefficient (Wildman–Crippen LogP) is 4.36. The lowest BCUT2D eigenvalue weighted by Gasteiger charge is -2.34. The molecule has 0 radical (unpaired) electrons. The molecule has 3 rings (SSSR count). The molecule has 4 heteroatoms. The van der Waals surface area contributed by atoms with Gasteiger partial charge >= 0.3 is 0 Å². The van der Waals surface area contributed by atoms with E-state index in [2.05, 4.69) is 10.6 Å². The number of nitrogens with zero attached hydrogens (tertiary/aromatic N) is 2. The first-order valence-electron chi connectivity index (χ1n) is 8.79. The quantitative estimate of drug-likeness (QED) is 0.801. The van der Waals surface area contributed by atoms with Gasteiger partial charge in [-0.25, -0.2) is 4.39 Å². The van der Waals surface area contributed by atoms with Crippen molar-refractivity contribution in [2.45, 2.75) is 58.2 Å². The molecule has 0 unspecified atom stereocenters. The van der Waals surface area contributed by atoms with Crippen LogP contribution in [0.15, 0.2) is 42.6 Å². The van der Waals surface area contributed by atoms with Crippen LogP contribution in [0.2, 0.25) is 0 Å². The number of rotatable bonds is 5. The van der Waals surface area contributed by atoms with Crippen molar-refractivity contribution in [3.8, 4) is 0 Å². The zero-order valence-corrected chi connectivity index (χ0v) is 14.2. The summed E-state index contributed by atoms with van der Waals surface area (Å²) in [6, 6.07) is 11.0. The van der Waals surface area contributed by atoms with Crippen LogP contribution in [0.3, 0.4) is 0 Å². The van der Waals surface area contributed by atoms with E-state index in [4.69, 9.17) is 0 Å². The second-order valence-corrected chi connectivity index (χ2v) is 6.69. The third-order valence-electron chi connectivity index (χ3n) is 4.94. The number of aromatic nitrogens is 1. The molecule has 0 spiro atoms. The minimum atomic E-state index is -0.216. The molecule has 0 aliphatic heterocycles. The maximum atomic E-state index is 13.1. The summed E-state index contributed by atoms with van der Waals surface area (Å²) in [5.41, 5.74) is 2.18. The van der Waals surface area contributed by atoms with Crippen LogP contribution in [-0.2, 0) is 17.9 Å². The average Bonchev–Trinajstić information content (AvgIpc) is 3.02. The first-order chi connectivity index (χ1) is 11.6. The Morgan fingerprint density at radius 2 is 1.88 bits per heavy atom. The van der Waals surface area contributed by atoms with Crippen LogP contribution < -0.4 is 0 Å². The fraction of sp³-hybridized carbons (Fsp3) is 0.450. The Balaban J connectivity index is 1.73. The van der Waals surface area contributed by atoms with Gasteiger partial charge in [0.2, 0.25) is 5.91 Å². The predicted molar refractivity (Wildman–Crippen MR) is 93.0 cm³/mol. The molecule has 0 N–H and O–H groups in total. The van der Waals surface area contributed by atoms with Gasteiger partial charge < -0.3 is 9.47 Å². The van der Waals surface area contributed by atoms with Crippen LogP contribution in [-0.4, -0.2) is 21.4 Å². The second kappa shape index (κ2) is 7.65. The normalized spacial score (nSPS) is 15.4. The summed E-state index contributed by atoms with van der Waals surface area (Å²) in [6.07, 6.45) is 7.95. The summed E-state index contributed by atoms with van der Waals surface area (Å²) in [6.45, 7) is 3.01. The summed E-state index contributed by atoms with van der Waals surface area (Å²) in [5.74, 6) is -0.0667. The van der Waals surface area contributed by atoms with Crippen LogP contribution in [0.1, 0.15) is 50.3 Å². The number of carbonyl (C=O) groups excluding carboxylic acids is 1. The molecule has 24 heavy (non-hydrogen) atoms. The number of halogens is 1. The van der Waals surface area contributed by atoms with E-state index < -0.39 is 0 Å². The van der Waals surface area contributed by atoms with Gasteiger partial charge in [-0.3, -0.25) is 4.79 Å². The van der Waals surface area contributed by atoms with Crippen LogP contribution >= 0.6 is 0 Å². The summed E-state index contributed by atoms with van der Waals surface area (Å²) < 4.78 is 15.2. The van der Waals surface area contributed by atoms with Gasteiger partial charge in [-0.2, -0.15) is 0 Å². The first kappa shape index (κ1) is 16.7. The van der Waals surface area contributed by atoms with E-state index >= 15 is 0 Å². The standard InChI is InChI=1S/C20H25FN2O/c1-16(24)23(19-6-3-2-4-7-19)15-20-8-5-13-22(20)14-17-9-11-18(21)12-10-17/h5,8-13,19H,2-4,6-7,14-15H2,1H3. The number of benzene rings is 1. The minimum Gasteiger partial charge on any atom is -0.345 e. The Kier molecular flexibility index (Phi) is 5.34. The van der Waals surface area contributed by atoms with E-state index in [9.17, 15) is 9.18 Å². The van der Waals surface area contributed by atoms with Crippen LogP contribution in [0.4, 0.5) is 4.39 Å². The maximum absolute atomic E-state index is 13.1. The maximum Gasteiger partial charge on any atom is 0.220 e. The Morgan fingerprint density at radius 3 is 2.54 bits per heavy atom. The van der Waals surface area contributed by atoms with Crippen molar-refractivity contribution in [3.63, 3.8) is 0 Å². The molecule has 1 aromatic carbocycles. The lowest BCUT2D eigenvalue weighted by Crippen LogP contribution is -2.40. The molecule has 0 bridgehead atoms. The molecule has 3 nitrogen and oxygen atoms in total. The van der Waals surface area contributed by atoms with Crippen LogP contribution in [0.5, 0.6) is 0 Å². The topological polar surface area (TPSA) is 25.2 Å². The highest BCUT2D eigenvalue weighted by Crippen LogP contribution is 2.24. The van der Waals surface area contributed by atoms with Crippen LogP contribution in [0.25, 0.3) is 0 Å². The molecule has 0 atom stereocenters. The molecule has 0 saturated heterocycles. The molecule has 1 saturated carbocycles. The average molecular weight is 328 g/mol. The van der Waals surface area contributed by atoms with E-state index in [1.807, 2.05) is 29.3 Å². The van der Waals surface area contributed by atoms with Gasteiger partial charge in [-0.1, -0.05) is 31.4 Å². The van der Waals surface area contributed by atoms with Crippen molar-refractivity contribution < 1.29 is 9.18 Å². The van der Waals surface area contributed by atoms with Crippen molar-refractivity contribution in [2.75, 3.05) is 0 Å². The van der Waals surface area contributed by atoms with E-state index in [0.29, 0.717) is 19.1 Å². The SMILES string of the molecule is CC(=O)N(Cc1cccn1Cc1ccc(F)cc1)C1CCCCC1. The summed E-state index contributed by atoms with van der Waals surface area (Å²) in [7, 11) is 0. The second-order valence-electron chi connectivity index (χ2n) is 6.69. The van der Waals surface area contributed by atoms with E-state index in [1.54, 1.807) is 6.92 Å². The van der Waals surface area contributed by atoms with Crippen molar-refractivity contribution >= 4 is 5.91 Å². The number of amides is 1. The molecule has 128 valence electrons. The monoisotopic (exact) mass is 328 g/mol. The molecule has 1 aliphatic rings.